The minimum atomic E-state index is -0.368. The number of carbonyl (C=O) groups excluding carboxylic acids is 1. The van der Waals surface area contributed by atoms with Crippen LogP contribution in [-0.2, 0) is 9.47 Å². The van der Waals surface area contributed by atoms with E-state index in [0.717, 1.165) is 31.8 Å². The van der Waals surface area contributed by atoms with E-state index in [9.17, 15) is 4.79 Å². The van der Waals surface area contributed by atoms with Crippen LogP contribution in [0.4, 0.5) is 4.79 Å². The standard InChI is InChI=1S/C11H22N2O3/c1-9-4-6-13(7-5-9)11(14)12-8-10(15-2)16-3/h9-10H,4-8H2,1-3H3,(H,12,14). The summed E-state index contributed by atoms with van der Waals surface area (Å²) in [6.45, 7) is 4.30. The summed E-state index contributed by atoms with van der Waals surface area (Å²) in [6.07, 6.45) is 1.81. The van der Waals surface area contributed by atoms with Crippen molar-refractivity contribution in [2.24, 2.45) is 5.92 Å². The molecule has 5 nitrogen and oxygen atoms in total. The topological polar surface area (TPSA) is 50.8 Å². The van der Waals surface area contributed by atoms with Crippen LogP contribution in [-0.4, -0.2) is 51.1 Å². The van der Waals surface area contributed by atoms with Gasteiger partial charge in [-0.05, 0) is 18.8 Å². The van der Waals surface area contributed by atoms with Gasteiger partial charge in [0.2, 0.25) is 0 Å². The van der Waals surface area contributed by atoms with Crippen molar-refractivity contribution in [3.05, 3.63) is 0 Å². The lowest BCUT2D eigenvalue weighted by molar-refractivity contribution is -0.0975. The van der Waals surface area contributed by atoms with E-state index in [-0.39, 0.29) is 12.3 Å². The van der Waals surface area contributed by atoms with E-state index < -0.39 is 0 Å². The average molecular weight is 230 g/mol. The minimum Gasteiger partial charge on any atom is -0.354 e. The molecule has 0 aliphatic carbocycles. The molecule has 0 aromatic carbocycles. The lowest BCUT2D eigenvalue weighted by atomic mass is 10.00. The summed E-state index contributed by atoms with van der Waals surface area (Å²) in [5.74, 6) is 0.731. The molecule has 94 valence electrons. The Morgan fingerprint density at radius 1 is 1.38 bits per heavy atom. The molecular weight excluding hydrogens is 208 g/mol. The molecule has 1 aliphatic heterocycles. The van der Waals surface area contributed by atoms with Gasteiger partial charge < -0.3 is 19.7 Å². The van der Waals surface area contributed by atoms with E-state index in [0.29, 0.717) is 6.54 Å². The summed E-state index contributed by atoms with van der Waals surface area (Å²) in [5.41, 5.74) is 0. The number of carbonyl (C=O) groups is 1. The molecule has 1 rings (SSSR count). The highest BCUT2D eigenvalue weighted by atomic mass is 16.7. The molecule has 0 spiro atoms. The van der Waals surface area contributed by atoms with Gasteiger partial charge in [0.05, 0.1) is 6.54 Å². The Morgan fingerprint density at radius 3 is 2.44 bits per heavy atom. The van der Waals surface area contributed by atoms with Gasteiger partial charge in [-0.25, -0.2) is 4.79 Å². The van der Waals surface area contributed by atoms with Crippen molar-refractivity contribution < 1.29 is 14.3 Å². The van der Waals surface area contributed by atoms with Gasteiger partial charge in [0.1, 0.15) is 0 Å². The van der Waals surface area contributed by atoms with Crippen LogP contribution in [0.15, 0.2) is 0 Å². The molecular formula is C11H22N2O3. The maximum atomic E-state index is 11.7. The first-order valence-corrected chi connectivity index (χ1v) is 5.75. The Labute approximate surface area is 97.1 Å². The summed E-state index contributed by atoms with van der Waals surface area (Å²) < 4.78 is 10.00. The number of likely N-dealkylation sites (tertiary alicyclic amines) is 1. The molecule has 1 saturated heterocycles. The Kier molecular flexibility index (Phi) is 5.55. The van der Waals surface area contributed by atoms with E-state index in [1.807, 2.05) is 4.90 Å². The second kappa shape index (κ2) is 6.70. The van der Waals surface area contributed by atoms with E-state index in [2.05, 4.69) is 12.2 Å². The van der Waals surface area contributed by atoms with Crippen molar-refractivity contribution in [3.63, 3.8) is 0 Å². The maximum absolute atomic E-state index is 11.7. The van der Waals surface area contributed by atoms with Gasteiger partial charge in [0.25, 0.3) is 0 Å². The maximum Gasteiger partial charge on any atom is 0.317 e. The first-order valence-electron chi connectivity index (χ1n) is 5.75. The third-order valence-corrected chi connectivity index (χ3v) is 3.02. The van der Waals surface area contributed by atoms with Crippen molar-refractivity contribution in [1.82, 2.24) is 10.2 Å². The first-order chi connectivity index (χ1) is 7.67. The van der Waals surface area contributed by atoms with Gasteiger partial charge in [0.15, 0.2) is 6.29 Å². The molecule has 0 saturated carbocycles. The fraction of sp³-hybridized carbons (Fsp3) is 0.909. The number of hydrogen-bond donors (Lipinski definition) is 1. The molecule has 1 N–H and O–H groups in total. The van der Waals surface area contributed by atoms with Crippen LogP contribution in [0, 0.1) is 5.92 Å². The molecule has 1 fully saturated rings. The van der Waals surface area contributed by atoms with E-state index in [1.165, 1.54) is 0 Å². The smallest absolute Gasteiger partial charge is 0.317 e. The summed E-state index contributed by atoms with van der Waals surface area (Å²) in [5, 5.41) is 2.81. The second-order valence-corrected chi connectivity index (χ2v) is 4.26. The number of amides is 2. The van der Waals surface area contributed by atoms with Crippen molar-refractivity contribution in [2.45, 2.75) is 26.1 Å². The average Bonchev–Trinajstić information content (AvgIpc) is 2.31. The minimum absolute atomic E-state index is 0.0222. The molecule has 1 aliphatic rings. The number of rotatable bonds is 4. The van der Waals surface area contributed by atoms with Gasteiger partial charge in [0, 0.05) is 27.3 Å². The molecule has 16 heavy (non-hydrogen) atoms. The predicted molar refractivity (Wildman–Crippen MR) is 61.2 cm³/mol. The molecule has 0 unspecified atom stereocenters. The van der Waals surface area contributed by atoms with Gasteiger partial charge in [-0.15, -0.1) is 0 Å². The molecule has 0 radical (unpaired) electrons. The van der Waals surface area contributed by atoms with Gasteiger partial charge in [-0.1, -0.05) is 6.92 Å². The van der Waals surface area contributed by atoms with Crippen LogP contribution >= 0.6 is 0 Å². The third-order valence-electron chi connectivity index (χ3n) is 3.02. The van der Waals surface area contributed by atoms with Crippen LogP contribution in [0.25, 0.3) is 0 Å². The summed E-state index contributed by atoms with van der Waals surface area (Å²) >= 11 is 0. The fourth-order valence-electron chi connectivity index (χ4n) is 1.76. The van der Waals surface area contributed by atoms with Crippen LogP contribution in [0.2, 0.25) is 0 Å². The van der Waals surface area contributed by atoms with E-state index in [1.54, 1.807) is 14.2 Å². The zero-order valence-electron chi connectivity index (χ0n) is 10.4. The Bertz CT molecular complexity index is 211. The molecule has 0 aromatic rings. The predicted octanol–water partition coefficient (Wildman–Crippen LogP) is 1.05. The van der Waals surface area contributed by atoms with Gasteiger partial charge >= 0.3 is 6.03 Å². The van der Waals surface area contributed by atoms with E-state index in [4.69, 9.17) is 9.47 Å². The zero-order valence-corrected chi connectivity index (χ0v) is 10.4. The summed E-state index contributed by atoms with van der Waals surface area (Å²) in [7, 11) is 3.12. The van der Waals surface area contributed by atoms with Gasteiger partial charge in [-0.3, -0.25) is 0 Å². The number of hydrogen-bond acceptors (Lipinski definition) is 3. The Hall–Kier alpha value is -0.810. The highest BCUT2D eigenvalue weighted by molar-refractivity contribution is 5.74. The van der Waals surface area contributed by atoms with Crippen LogP contribution < -0.4 is 5.32 Å². The third kappa shape index (κ3) is 3.98. The van der Waals surface area contributed by atoms with Crippen molar-refractivity contribution in [2.75, 3.05) is 33.9 Å². The largest absolute Gasteiger partial charge is 0.354 e. The number of urea groups is 1. The Morgan fingerprint density at radius 2 is 1.94 bits per heavy atom. The molecule has 0 atom stereocenters. The number of ether oxygens (including phenoxy) is 2. The molecule has 0 aromatic heterocycles. The number of piperidine rings is 1. The van der Waals surface area contributed by atoms with Crippen LogP contribution in [0.3, 0.4) is 0 Å². The molecule has 1 heterocycles. The summed E-state index contributed by atoms with van der Waals surface area (Å²) in [4.78, 5) is 13.6. The normalized spacial score (nSPS) is 17.9. The van der Waals surface area contributed by atoms with Crippen molar-refractivity contribution in [1.29, 1.82) is 0 Å². The number of nitrogens with zero attached hydrogens (tertiary/aromatic N) is 1. The first kappa shape index (κ1) is 13.3. The molecule has 2 amide bonds. The SMILES string of the molecule is COC(CNC(=O)N1CCC(C)CC1)OC. The quantitative estimate of drug-likeness (QED) is 0.734. The lowest BCUT2D eigenvalue weighted by Crippen LogP contribution is -2.46. The van der Waals surface area contributed by atoms with Crippen LogP contribution in [0.5, 0.6) is 0 Å². The second-order valence-electron chi connectivity index (χ2n) is 4.26. The summed E-state index contributed by atoms with van der Waals surface area (Å²) in [6, 6.07) is -0.0222. The highest BCUT2D eigenvalue weighted by Gasteiger charge is 2.20. The lowest BCUT2D eigenvalue weighted by Gasteiger charge is -2.30. The number of nitrogens with one attached hydrogen (secondary N) is 1. The molecule has 0 bridgehead atoms. The van der Waals surface area contributed by atoms with E-state index >= 15 is 0 Å². The zero-order chi connectivity index (χ0) is 12.0. The Balaban J connectivity index is 2.24. The van der Waals surface area contributed by atoms with Crippen molar-refractivity contribution >= 4 is 6.03 Å². The van der Waals surface area contributed by atoms with Gasteiger partial charge in [-0.2, -0.15) is 0 Å². The highest BCUT2D eigenvalue weighted by Crippen LogP contribution is 2.15. The molecule has 5 heteroatoms. The monoisotopic (exact) mass is 230 g/mol. The van der Waals surface area contributed by atoms with Crippen LogP contribution in [0.1, 0.15) is 19.8 Å². The number of methoxy groups -OCH3 is 2. The fourth-order valence-corrected chi connectivity index (χ4v) is 1.76. The van der Waals surface area contributed by atoms with Crippen molar-refractivity contribution in [3.8, 4) is 0 Å².